The van der Waals surface area contributed by atoms with Gasteiger partial charge in [-0.05, 0) is 47.7 Å². The van der Waals surface area contributed by atoms with Crippen LogP contribution in [0.2, 0.25) is 5.02 Å². The minimum atomic E-state index is -3.60. The summed E-state index contributed by atoms with van der Waals surface area (Å²) in [6.07, 6.45) is 0.647. The maximum absolute atomic E-state index is 12.9. The average Bonchev–Trinajstić information content (AvgIpc) is 3.27. The topological polar surface area (TPSA) is 80.5 Å². The van der Waals surface area contributed by atoms with Gasteiger partial charge in [-0.15, -0.1) is 11.3 Å². The van der Waals surface area contributed by atoms with Crippen molar-refractivity contribution in [2.75, 3.05) is 13.1 Å². The van der Waals surface area contributed by atoms with Crippen molar-refractivity contribution in [2.45, 2.75) is 17.2 Å². The molecule has 3 aromatic rings. The number of carbonyl (C=O) groups excluding carboxylic acids is 1. The van der Waals surface area contributed by atoms with Gasteiger partial charge in [-0.2, -0.15) is 4.31 Å². The van der Waals surface area contributed by atoms with Crippen LogP contribution >= 0.6 is 22.9 Å². The Labute approximate surface area is 166 Å². The van der Waals surface area contributed by atoms with Gasteiger partial charge in [-0.1, -0.05) is 29.8 Å². The molecule has 0 saturated carbocycles. The fourth-order valence-electron chi connectivity index (χ4n) is 3.59. The summed E-state index contributed by atoms with van der Waals surface area (Å²) in [7, 11) is -3.60. The Morgan fingerprint density at radius 3 is 2.56 bits per heavy atom. The number of amides is 1. The lowest BCUT2D eigenvalue weighted by Crippen LogP contribution is -2.28. The maximum Gasteiger partial charge on any atom is 0.259 e. The molecule has 1 fully saturated rings. The van der Waals surface area contributed by atoms with Crippen molar-refractivity contribution in [3.05, 3.63) is 64.0 Å². The van der Waals surface area contributed by atoms with Crippen LogP contribution in [0.4, 0.5) is 0 Å². The van der Waals surface area contributed by atoms with Crippen molar-refractivity contribution in [3.8, 4) is 0 Å². The number of nitrogens with zero attached hydrogens (tertiary/aromatic N) is 1. The Morgan fingerprint density at radius 1 is 1.15 bits per heavy atom. The van der Waals surface area contributed by atoms with E-state index in [0.717, 1.165) is 15.6 Å². The van der Waals surface area contributed by atoms with E-state index in [1.807, 2.05) is 24.3 Å². The van der Waals surface area contributed by atoms with Crippen LogP contribution in [0, 0.1) is 0 Å². The SMILES string of the molecule is NC(=O)c1sc2ccccc2c1[C@H]1CCN(S(=O)(=O)c2ccc(Cl)cc2)C1. The normalized spacial score (nSPS) is 18.2. The van der Waals surface area contributed by atoms with Crippen LogP contribution in [-0.4, -0.2) is 31.7 Å². The second kappa shape index (κ2) is 6.91. The van der Waals surface area contributed by atoms with Gasteiger partial charge in [-0.3, -0.25) is 4.79 Å². The van der Waals surface area contributed by atoms with Gasteiger partial charge < -0.3 is 5.73 Å². The molecular formula is C19H17ClN2O3S2. The number of rotatable bonds is 4. The molecule has 4 rings (SSSR count). The molecule has 27 heavy (non-hydrogen) atoms. The Morgan fingerprint density at radius 2 is 1.85 bits per heavy atom. The minimum Gasteiger partial charge on any atom is -0.365 e. The van der Waals surface area contributed by atoms with Crippen molar-refractivity contribution < 1.29 is 13.2 Å². The van der Waals surface area contributed by atoms with E-state index in [1.54, 1.807) is 12.1 Å². The van der Waals surface area contributed by atoms with Crippen molar-refractivity contribution in [3.63, 3.8) is 0 Å². The largest absolute Gasteiger partial charge is 0.365 e. The Bertz CT molecular complexity index is 1120. The molecule has 140 valence electrons. The Balaban J connectivity index is 1.69. The fourth-order valence-corrected chi connectivity index (χ4v) is 6.36. The van der Waals surface area contributed by atoms with E-state index in [0.29, 0.717) is 29.4 Å². The van der Waals surface area contributed by atoms with Gasteiger partial charge in [0.15, 0.2) is 0 Å². The highest BCUT2D eigenvalue weighted by Crippen LogP contribution is 2.41. The van der Waals surface area contributed by atoms with Crippen LogP contribution in [0.3, 0.4) is 0 Å². The summed E-state index contributed by atoms with van der Waals surface area (Å²) in [6, 6.07) is 13.9. The number of benzene rings is 2. The summed E-state index contributed by atoms with van der Waals surface area (Å²) in [6.45, 7) is 0.726. The highest BCUT2D eigenvalue weighted by atomic mass is 35.5. The van der Waals surface area contributed by atoms with Crippen LogP contribution in [0.25, 0.3) is 10.1 Å². The van der Waals surface area contributed by atoms with Crippen molar-refractivity contribution in [1.29, 1.82) is 0 Å². The van der Waals surface area contributed by atoms with Crippen LogP contribution in [-0.2, 0) is 10.0 Å². The van der Waals surface area contributed by atoms with Gasteiger partial charge >= 0.3 is 0 Å². The first-order valence-electron chi connectivity index (χ1n) is 8.45. The molecular weight excluding hydrogens is 404 g/mol. The number of thiophene rings is 1. The third-order valence-electron chi connectivity index (χ3n) is 4.87. The Hall–Kier alpha value is -1.93. The summed E-state index contributed by atoms with van der Waals surface area (Å²) in [4.78, 5) is 12.7. The molecule has 1 atom stereocenters. The number of fused-ring (bicyclic) bond motifs is 1. The third-order valence-corrected chi connectivity index (χ3v) is 8.20. The monoisotopic (exact) mass is 420 g/mol. The highest BCUT2D eigenvalue weighted by molar-refractivity contribution is 7.89. The molecule has 0 spiro atoms. The van der Waals surface area contributed by atoms with Gasteiger partial charge in [0.05, 0.1) is 9.77 Å². The van der Waals surface area contributed by atoms with Gasteiger partial charge in [0.1, 0.15) is 0 Å². The van der Waals surface area contributed by atoms with Crippen LogP contribution in [0.15, 0.2) is 53.4 Å². The summed E-state index contributed by atoms with van der Waals surface area (Å²) in [5, 5.41) is 1.47. The van der Waals surface area contributed by atoms with Gasteiger partial charge in [0, 0.05) is 28.7 Å². The van der Waals surface area contributed by atoms with Gasteiger partial charge in [-0.25, -0.2) is 8.42 Å². The Kier molecular flexibility index (Phi) is 4.71. The highest BCUT2D eigenvalue weighted by Gasteiger charge is 2.36. The predicted molar refractivity (Wildman–Crippen MR) is 108 cm³/mol. The second-order valence-electron chi connectivity index (χ2n) is 6.51. The zero-order valence-electron chi connectivity index (χ0n) is 14.3. The smallest absolute Gasteiger partial charge is 0.259 e. The van der Waals surface area contributed by atoms with E-state index in [4.69, 9.17) is 17.3 Å². The minimum absolute atomic E-state index is 0.0641. The molecule has 1 aliphatic rings. The fraction of sp³-hybridized carbons (Fsp3) is 0.211. The van der Waals surface area contributed by atoms with Crippen molar-refractivity contribution >= 4 is 49.0 Å². The molecule has 8 heteroatoms. The van der Waals surface area contributed by atoms with E-state index < -0.39 is 15.9 Å². The van der Waals surface area contributed by atoms with Gasteiger partial charge in [0.2, 0.25) is 10.0 Å². The van der Waals surface area contributed by atoms with Crippen LogP contribution < -0.4 is 5.73 Å². The number of sulfonamides is 1. The van der Waals surface area contributed by atoms with Gasteiger partial charge in [0.25, 0.3) is 5.91 Å². The zero-order valence-corrected chi connectivity index (χ0v) is 16.7. The first kappa shape index (κ1) is 18.4. The molecule has 0 unspecified atom stereocenters. The maximum atomic E-state index is 12.9. The molecule has 0 bridgehead atoms. The molecule has 0 aliphatic carbocycles. The predicted octanol–water partition coefficient (Wildman–Crippen LogP) is 3.83. The number of hydrogen-bond acceptors (Lipinski definition) is 4. The third kappa shape index (κ3) is 3.25. The number of nitrogens with two attached hydrogens (primary N) is 1. The molecule has 1 aromatic heterocycles. The lowest BCUT2D eigenvalue weighted by molar-refractivity contribution is 0.100. The quantitative estimate of drug-likeness (QED) is 0.696. The molecule has 1 amide bonds. The van der Waals surface area contributed by atoms with Crippen molar-refractivity contribution in [2.24, 2.45) is 5.73 Å². The van der Waals surface area contributed by atoms with Crippen LogP contribution in [0.5, 0.6) is 0 Å². The molecule has 1 aliphatic heterocycles. The number of primary amides is 1. The molecule has 1 saturated heterocycles. The molecule has 2 N–H and O–H groups in total. The molecule has 2 heterocycles. The average molecular weight is 421 g/mol. The summed E-state index contributed by atoms with van der Waals surface area (Å²) in [5.74, 6) is -0.532. The lowest BCUT2D eigenvalue weighted by Gasteiger charge is -2.17. The standard InChI is InChI=1S/C19H17ClN2O3S2/c20-13-5-7-14(8-6-13)27(24,25)22-10-9-12(11-22)17-15-3-1-2-4-16(15)26-18(17)19(21)23/h1-8,12H,9-11H2,(H2,21,23)/t12-/m0/s1. The van der Waals surface area contributed by atoms with Crippen molar-refractivity contribution in [1.82, 2.24) is 4.31 Å². The summed E-state index contributed by atoms with van der Waals surface area (Å²) in [5.41, 5.74) is 6.47. The second-order valence-corrected chi connectivity index (χ2v) is 9.93. The first-order valence-corrected chi connectivity index (χ1v) is 11.1. The zero-order chi connectivity index (χ0) is 19.2. The summed E-state index contributed by atoms with van der Waals surface area (Å²) < 4.78 is 28.3. The van der Waals surface area contributed by atoms with Crippen LogP contribution in [0.1, 0.15) is 27.6 Å². The van der Waals surface area contributed by atoms with E-state index in [9.17, 15) is 13.2 Å². The number of halogens is 1. The molecule has 5 nitrogen and oxygen atoms in total. The molecule has 2 aromatic carbocycles. The first-order chi connectivity index (χ1) is 12.9. The van der Waals surface area contributed by atoms with E-state index in [1.165, 1.54) is 27.8 Å². The van der Waals surface area contributed by atoms with E-state index in [-0.39, 0.29) is 10.8 Å². The summed E-state index contributed by atoms with van der Waals surface area (Å²) >= 11 is 7.23. The van der Waals surface area contributed by atoms with E-state index in [2.05, 4.69) is 0 Å². The molecule has 0 radical (unpaired) electrons. The number of hydrogen-bond donors (Lipinski definition) is 1. The van der Waals surface area contributed by atoms with E-state index >= 15 is 0 Å². The lowest BCUT2D eigenvalue weighted by atomic mass is 9.95. The number of carbonyl (C=O) groups is 1.